The molecule has 3 nitrogen and oxygen atoms in total. The zero-order valence-corrected chi connectivity index (χ0v) is 11.2. The lowest BCUT2D eigenvalue weighted by Crippen LogP contribution is -2.34. The Morgan fingerprint density at radius 2 is 2.06 bits per heavy atom. The van der Waals surface area contributed by atoms with Crippen LogP contribution in [0, 0.1) is 11.8 Å². The monoisotopic (exact) mass is 246 g/mol. The number of hydrogen-bond donors (Lipinski definition) is 2. The third-order valence-corrected chi connectivity index (χ3v) is 3.81. The van der Waals surface area contributed by atoms with E-state index >= 15 is 0 Å². The topological polar surface area (TPSA) is 41.1 Å². The summed E-state index contributed by atoms with van der Waals surface area (Å²) in [5.41, 5.74) is 2.54. The van der Waals surface area contributed by atoms with Crippen molar-refractivity contribution in [2.24, 2.45) is 11.8 Å². The molecule has 0 saturated carbocycles. The van der Waals surface area contributed by atoms with Crippen LogP contribution in [-0.2, 0) is 17.8 Å². The van der Waals surface area contributed by atoms with Gasteiger partial charge in [0.1, 0.15) is 0 Å². The van der Waals surface area contributed by atoms with E-state index in [1.165, 1.54) is 11.1 Å². The first kappa shape index (κ1) is 13.1. The van der Waals surface area contributed by atoms with Gasteiger partial charge >= 0.3 is 0 Å². The molecule has 1 saturated heterocycles. The fraction of sp³-hybridized carbons (Fsp3) is 0.533. The van der Waals surface area contributed by atoms with E-state index in [4.69, 9.17) is 0 Å². The smallest absolute Gasteiger partial charge is 0.224 e. The highest BCUT2D eigenvalue weighted by atomic mass is 16.1. The molecule has 1 heterocycles. The van der Waals surface area contributed by atoms with Crippen LogP contribution >= 0.6 is 0 Å². The van der Waals surface area contributed by atoms with Crippen LogP contribution in [0.4, 0.5) is 0 Å². The maximum atomic E-state index is 12.1. The molecule has 0 radical (unpaired) electrons. The lowest BCUT2D eigenvalue weighted by Gasteiger charge is -2.15. The standard InChI is InChI=1S/C15H22N2O/c1-3-12-6-4-5-7-13(12)9-17-15(18)14-10-16-8-11(14)2/h4-7,11,14,16H,3,8-10H2,1-2H3,(H,17,18). The molecule has 2 unspecified atom stereocenters. The summed E-state index contributed by atoms with van der Waals surface area (Å²) in [6.07, 6.45) is 1.01. The third-order valence-electron chi connectivity index (χ3n) is 3.81. The second kappa shape index (κ2) is 6.01. The van der Waals surface area contributed by atoms with E-state index < -0.39 is 0 Å². The first-order chi connectivity index (χ1) is 8.72. The molecule has 0 aliphatic carbocycles. The first-order valence-corrected chi connectivity index (χ1v) is 6.77. The van der Waals surface area contributed by atoms with Crippen LogP contribution in [0.15, 0.2) is 24.3 Å². The summed E-state index contributed by atoms with van der Waals surface area (Å²) in [6, 6.07) is 8.30. The largest absolute Gasteiger partial charge is 0.352 e. The molecule has 0 spiro atoms. The van der Waals surface area contributed by atoms with Crippen molar-refractivity contribution in [2.75, 3.05) is 13.1 Å². The van der Waals surface area contributed by atoms with E-state index in [9.17, 15) is 4.79 Å². The average molecular weight is 246 g/mol. The SMILES string of the molecule is CCc1ccccc1CNC(=O)C1CNCC1C. The van der Waals surface area contributed by atoms with Crippen LogP contribution in [0.3, 0.4) is 0 Å². The van der Waals surface area contributed by atoms with E-state index in [1.54, 1.807) is 0 Å². The molecule has 1 amide bonds. The normalized spacial score (nSPS) is 23.0. The van der Waals surface area contributed by atoms with E-state index in [-0.39, 0.29) is 11.8 Å². The van der Waals surface area contributed by atoms with Crippen molar-refractivity contribution in [3.63, 3.8) is 0 Å². The average Bonchev–Trinajstić information content (AvgIpc) is 2.82. The van der Waals surface area contributed by atoms with E-state index in [0.29, 0.717) is 12.5 Å². The Morgan fingerprint density at radius 3 is 2.67 bits per heavy atom. The second-order valence-electron chi connectivity index (χ2n) is 5.08. The van der Waals surface area contributed by atoms with Gasteiger partial charge < -0.3 is 10.6 Å². The van der Waals surface area contributed by atoms with Crippen LogP contribution < -0.4 is 10.6 Å². The molecule has 18 heavy (non-hydrogen) atoms. The van der Waals surface area contributed by atoms with Crippen LogP contribution in [0.1, 0.15) is 25.0 Å². The molecule has 2 N–H and O–H groups in total. The van der Waals surface area contributed by atoms with E-state index in [2.05, 4.69) is 36.6 Å². The summed E-state index contributed by atoms with van der Waals surface area (Å²) < 4.78 is 0. The maximum absolute atomic E-state index is 12.1. The minimum absolute atomic E-state index is 0.124. The molecular weight excluding hydrogens is 224 g/mol. The van der Waals surface area contributed by atoms with Gasteiger partial charge in [-0.1, -0.05) is 38.1 Å². The van der Waals surface area contributed by atoms with Crippen LogP contribution in [-0.4, -0.2) is 19.0 Å². The van der Waals surface area contributed by atoms with Crippen LogP contribution in [0.25, 0.3) is 0 Å². The van der Waals surface area contributed by atoms with E-state index in [1.807, 2.05) is 12.1 Å². The molecule has 98 valence electrons. The van der Waals surface area contributed by atoms with Crippen LogP contribution in [0.2, 0.25) is 0 Å². The molecule has 1 aliphatic heterocycles. The molecule has 1 aliphatic rings. The highest BCUT2D eigenvalue weighted by Gasteiger charge is 2.29. The molecule has 0 aromatic heterocycles. The van der Waals surface area contributed by atoms with E-state index in [0.717, 1.165) is 19.5 Å². The van der Waals surface area contributed by atoms with Gasteiger partial charge in [-0.3, -0.25) is 4.79 Å². The summed E-state index contributed by atoms with van der Waals surface area (Å²) >= 11 is 0. The van der Waals surface area contributed by atoms with Gasteiger partial charge in [0.25, 0.3) is 0 Å². The fourth-order valence-corrected chi connectivity index (χ4v) is 2.55. The number of carbonyl (C=O) groups excluding carboxylic acids is 1. The van der Waals surface area contributed by atoms with Gasteiger partial charge in [0.15, 0.2) is 0 Å². The van der Waals surface area contributed by atoms with Gasteiger partial charge in [-0.15, -0.1) is 0 Å². The van der Waals surface area contributed by atoms with Crippen molar-refractivity contribution in [2.45, 2.75) is 26.8 Å². The lowest BCUT2D eigenvalue weighted by molar-refractivity contribution is -0.125. The minimum Gasteiger partial charge on any atom is -0.352 e. The molecule has 2 rings (SSSR count). The zero-order valence-electron chi connectivity index (χ0n) is 11.2. The highest BCUT2D eigenvalue weighted by molar-refractivity contribution is 5.79. The minimum atomic E-state index is 0.124. The Morgan fingerprint density at radius 1 is 1.33 bits per heavy atom. The van der Waals surface area contributed by atoms with Gasteiger partial charge in [0, 0.05) is 13.1 Å². The van der Waals surface area contributed by atoms with Crippen molar-refractivity contribution >= 4 is 5.91 Å². The lowest BCUT2D eigenvalue weighted by atomic mass is 9.97. The number of hydrogen-bond acceptors (Lipinski definition) is 2. The summed E-state index contributed by atoms with van der Waals surface area (Å²) in [6.45, 7) is 6.67. The predicted molar refractivity (Wildman–Crippen MR) is 73.2 cm³/mol. The quantitative estimate of drug-likeness (QED) is 0.849. The molecule has 3 heteroatoms. The Kier molecular flexibility index (Phi) is 4.37. The Balaban J connectivity index is 1.93. The number of rotatable bonds is 4. The molecule has 0 bridgehead atoms. The Hall–Kier alpha value is -1.35. The molecule has 1 aromatic carbocycles. The number of aryl methyl sites for hydroxylation is 1. The summed E-state index contributed by atoms with van der Waals surface area (Å²) in [7, 11) is 0. The summed E-state index contributed by atoms with van der Waals surface area (Å²) in [4.78, 5) is 12.1. The number of benzene rings is 1. The van der Waals surface area contributed by atoms with Gasteiger partial charge in [-0.05, 0) is 30.0 Å². The van der Waals surface area contributed by atoms with Gasteiger partial charge in [-0.25, -0.2) is 0 Å². The number of nitrogens with one attached hydrogen (secondary N) is 2. The van der Waals surface area contributed by atoms with Gasteiger partial charge in [-0.2, -0.15) is 0 Å². The second-order valence-corrected chi connectivity index (χ2v) is 5.08. The third kappa shape index (κ3) is 2.91. The molecule has 2 atom stereocenters. The molecule has 1 aromatic rings. The van der Waals surface area contributed by atoms with Crippen molar-refractivity contribution in [1.82, 2.24) is 10.6 Å². The fourth-order valence-electron chi connectivity index (χ4n) is 2.55. The van der Waals surface area contributed by atoms with Crippen molar-refractivity contribution in [3.05, 3.63) is 35.4 Å². The zero-order chi connectivity index (χ0) is 13.0. The van der Waals surface area contributed by atoms with Gasteiger partial charge in [0.05, 0.1) is 5.92 Å². The Bertz CT molecular complexity index is 417. The molecular formula is C15H22N2O. The number of amides is 1. The first-order valence-electron chi connectivity index (χ1n) is 6.77. The Labute approximate surface area is 109 Å². The van der Waals surface area contributed by atoms with Crippen molar-refractivity contribution in [1.29, 1.82) is 0 Å². The number of carbonyl (C=O) groups is 1. The summed E-state index contributed by atoms with van der Waals surface area (Å²) in [5, 5.41) is 6.33. The van der Waals surface area contributed by atoms with Crippen molar-refractivity contribution in [3.8, 4) is 0 Å². The van der Waals surface area contributed by atoms with Gasteiger partial charge in [0.2, 0.25) is 5.91 Å². The highest BCUT2D eigenvalue weighted by Crippen LogP contribution is 2.16. The van der Waals surface area contributed by atoms with Crippen molar-refractivity contribution < 1.29 is 4.79 Å². The molecule has 1 fully saturated rings. The summed E-state index contributed by atoms with van der Waals surface area (Å²) in [5.74, 6) is 0.739. The van der Waals surface area contributed by atoms with Crippen LogP contribution in [0.5, 0.6) is 0 Å². The maximum Gasteiger partial charge on any atom is 0.224 e. The predicted octanol–water partition coefficient (Wildman–Crippen LogP) is 1.72.